The fraction of sp³-hybridized carbons (Fsp3) is 0.316. The van der Waals surface area contributed by atoms with Gasteiger partial charge >= 0.3 is 0 Å². The molecule has 0 spiro atoms. The van der Waals surface area contributed by atoms with Crippen molar-refractivity contribution in [2.75, 3.05) is 49.2 Å². The van der Waals surface area contributed by atoms with Gasteiger partial charge in [-0.15, -0.1) is 0 Å². The van der Waals surface area contributed by atoms with Gasteiger partial charge < -0.3 is 14.5 Å². The lowest BCUT2D eigenvalue weighted by atomic mass is 10.1. The third kappa shape index (κ3) is 4.71. The third-order valence-corrected chi connectivity index (χ3v) is 5.05. The van der Waals surface area contributed by atoms with E-state index in [4.69, 9.17) is 4.74 Å². The summed E-state index contributed by atoms with van der Waals surface area (Å²) >= 11 is 0. The van der Waals surface area contributed by atoms with Gasteiger partial charge in [-0.05, 0) is 36.4 Å². The summed E-state index contributed by atoms with van der Waals surface area (Å²) < 4.78 is 30.7. The number of amides is 1. The fourth-order valence-electron chi connectivity index (χ4n) is 3.09. The first-order chi connectivity index (χ1) is 12.9. The zero-order chi connectivity index (χ0) is 19.4. The topological polar surface area (TPSA) is 79.0 Å². The predicted octanol–water partition coefficient (Wildman–Crippen LogP) is 2.03. The van der Waals surface area contributed by atoms with Crippen molar-refractivity contribution < 1.29 is 17.9 Å². The summed E-state index contributed by atoms with van der Waals surface area (Å²) in [6.07, 6.45) is 1.07. The number of benzene rings is 2. The minimum atomic E-state index is -3.45. The van der Waals surface area contributed by atoms with Gasteiger partial charge in [-0.3, -0.25) is 9.52 Å². The Bertz CT molecular complexity index is 905. The fourth-order valence-corrected chi connectivity index (χ4v) is 3.67. The summed E-state index contributed by atoms with van der Waals surface area (Å²) in [5, 5.41) is 0. The molecule has 2 aromatic carbocycles. The molecule has 144 valence electrons. The van der Waals surface area contributed by atoms with E-state index < -0.39 is 10.0 Å². The number of methoxy groups -OCH3 is 1. The molecule has 0 saturated carbocycles. The Morgan fingerprint density at radius 3 is 2.22 bits per heavy atom. The average molecular weight is 389 g/mol. The number of rotatable bonds is 5. The van der Waals surface area contributed by atoms with Gasteiger partial charge in [-0.2, -0.15) is 0 Å². The second-order valence-electron chi connectivity index (χ2n) is 6.40. The van der Waals surface area contributed by atoms with Gasteiger partial charge in [0.2, 0.25) is 10.0 Å². The van der Waals surface area contributed by atoms with Crippen LogP contribution in [0.3, 0.4) is 0 Å². The average Bonchev–Trinajstić information content (AvgIpc) is 2.67. The van der Waals surface area contributed by atoms with E-state index in [1.807, 2.05) is 24.3 Å². The molecule has 27 heavy (non-hydrogen) atoms. The van der Waals surface area contributed by atoms with Gasteiger partial charge in [-0.25, -0.2) is 8.42 Å². The van der Waals surface area contributed by atoms with Crippen LogP contribution < -0.4 is 14.4 Å². The molecule has 1 heterocycles. The van der Waals surface area contributed by atoms with E-state index in [1.54, 1.807) is 36.3 Å². The summed E-state index contributed by atoms with van der Waals surface area (Å²) in [6, 6.07) is 14.5. The summed E-state index contributed by atoms with van der Waals surface area (Å²) in [5.74, 6) is 0.638. The molecular formula is C19H23N3O4S. The lowest BCUT2D eigenvalue weighted by Gasteiger charge is -2.36. The molecule has 0 bridgehead atoms. The SMILES string of the molecule is COc1ccc(N2CCN(C(=O)c3ccccc3NS(C)(=O)=O)CC2)cc1. The van der Waals surface area contributed by atoms with Crippen LogP contribution in [0.25, 0.3) is 0 Å². The van der Waals surface area contributed by atoms with Crippen LogP contribution in [0.1, 0.15) is 10.4 Å². The van der Waals surface area contributed by atoms with Crippen molar-refractivity contribution in [1.82, 2.24) is 4.90 Å². The van der Waals surface area contributed by atoms with Crippen molar-refractivity contribution in [3.63, 3.8) is 0 Å². The number of carbonyl (C=O) groups excluding carboxylic acids is 1. The molecule has 0 aromatic heterocycles. The number of carbonyl (C=O) groups is 1. The quantitative estimate of drug-likeness (QED) is 0.847. The van der Waals surface area contributed by atoms with Crippen molar-refractivity contribution in [3.8, 4) is 5.75 Å². The van der Waals surface area contributed by atoms with Crippen LogP contribution in [0.15, 0.2) is 48.5 Å². The number of hydrogen-bond donors (Lipinski definition) is 1. The molecule has 1 aliphatic heterocycles. The minimum absolute atomic E-state index is 0.170. The molecule has 1 aliphatic rings. The Kier molecular flexibility index (Phi) is 5.55. The first kappa shape index (κ1) is 19.0. The number of anilines is 2. The van der Waals surface area contributed by atoms with Gasteiger partial charge in [0.15, 0.2) is 0 Å². The van der Waals surface area contributed by atoms with Crippen molar-refractivity contribution in [2.24, 2.45) is 0 Å². The van der Waals surface area contributed by atoms with Crippen LogP contribution in [0.5, 0.6) is 5.75 Å². The standard InChI is InChI=1S/C19H23N3O4S/c1-26-16-9-7-15(8-10-16)21-11-13-22(14-12-21)19(23)17-5-3-4-6-18(17)20-27(2,24)25/h3-10,20H,11-14H2,1-2H3. The Balaban J connectivity index is 1.68. The molecule has 0 atom stereocenters. The van der Waals surface area contributed by atoms with Crippen molar-refractivity contribution in [2.45, 2.75) is 0 Å². The molecule has 0 aliphatic carbocycles. The minimum Gasteiger partial charge on any atom is -0.497 e. The first-order valence-corrected chi connectivity index (χ1v) is 10.5. The van der Waals surface area contributed by atoms with Gasteiger partial charge in [0.05, 0.1) is 24.6 Å². The lowest BCUT2D eigenvalue weighted by molar-refractivity contribution is 0.0748. The van der Waals surface area contributed by atoms with Crippen molar-refractivity contribution in [1.29, 1.82) is 0 Å². The lowest BCUT2D eigenvalue weighted by Crippen LogP contribution is -2.48. The molecular weight excluding hydrogens is 366 g/mol. The van der Waals surface area contributed by atoms with E-state index in [0.717, 1.165) is 17.7 Å². The number of sulfonamides is 1. The van der Waals surface area contributed by atoms with Crippen LogP contribution >= 0.6 is 0 Å². The molecule has 0 radical (unpaired) electrons. The second kappa shape index (κ2) is 7.87. The molecule has 3 rings (SSSR count). The smallest absolute Gasteiger partial charge is 0.256 e. The van der Waals surface area contributed by atoms with Crippen LogP contribution in [-0.4, -0.2) is 58.8 Å². The van der Waals surface area contributed by atoms with Gasteiger partial charge in [-0.1, -0.05) is 12.1 Å². The molecule has 2 aromatic rings. The Hall–Kier alpha value is -2.74. The maximum atomic E-state index is 12.9. The Labute approximate surface area is 159 Å². The first-order valence-electron chi connectivity index (χ1n) is 8.62. The number of piperazine rings is 1. The van der Waals surface area contributed by atoms with E-state index in [9.17, 15) is 13.2 Å². The molecule has 1 fully saturated rings. The Morgan fingerprint density at radius 2 is 1.63 bits per heavy atom. The number of ether oxygens (including phenoxy) is 1. The predicted molar refractivity (Wildman–Crippen MR) is 106 cm³/mol. The van der Waals surface area contributed by atoms with E-state index in [-0.39, 0.29) is 5.91 Å². The van der Waals surface area contributed by atoms with E-state index >= 15 is 0 Å². The van der Waals surface area contributed by atoms with Crippen molar-refractivity contribution >= 4 is 27.3 Å². The van der Waals surface area contributed by atoms with Crippen LogP contribution in [0.4, 0.5) is 11.4 Å². The zero-order valence-electron chi connectivity index (χ0n) is 15.4. The summed E-state index contributed by atoms with van der Waals surface area (Å²) in [4.78, 5) is 16.9. The van der Waals surface area contributed by atoms with Crippen LogP contribution in [0.2, 0.25) is 0 Å². The normalized spacial score (nSPS) is 14.7. The molecule has 8 heteroatoms. The summed E-state index contributed by atoms with van der Waals surface area (Å²) in [5.41, 5.74) is 1.76. The monoisotopic (exact) mass is 389 g/mol. The van der Waals surface area contributed by atoms with Crippen LogP contribution in [0, 0.1) is 0 Å². The zero-order valence-corrected chi connectivity index (χ0v) is 16.2. The van der Waals surface area contributed by atoms with Gasteiger partial charge in [0, 0.05) is 31.9 Å². The highest BCUT2D eigenvalue weighted by molar-refractivity contribution is 7.92. The third-order valence-electron chi connectivity index (χ3n) is 4.46. The molecule has 7 nitrogen and oxygen atoms in total. The number of hydrogen-bond acceptors (Lipinski definition) is 5. The second-order valence-corrected chi connectivity index (χ2v) is 8.15. The van der Waals surface area contributed by atoms with Gasteiger partial charge in [0.25, 0.3) is 5.91 Å². The Morgan fingerprint density at radius 1 is 1.00 bits per heavy atom. The highest BCUT2D eigenvalue weighted by Crippen LogP contribution is 2.23. The maximum Gasteiger partial charge on any atom is 0.256 e. The molecule has 1 amide bonds. The summed E-state index contributed by atoms with van der Waals surface area (Å²) in [6.45, 7) is 2.55. The highest BCUT2D eigenvalue weighted by Gasteiger charge is 2.24. The highest BCUT2D eigenvalue weighted by atomic mass is 32.2. The van der Waals surface area contributed by atoms with Crippen molar-refractivity contribution in [3.05, 3.63) is 54.1 Å². The number of nitrogens with one attached hydrogen (secondary N) is 1. The maximum absolute atomic E-state index is 12.9. The molecule has 0 unspecified atom stereocenters. The number of nitrogens with zero attached hydrogens (tertiary/aromatic N) is 2. The molecule has 1 saturated heterocycles. The number of para-hydroxylation sites is 1. The molecule has 1 N–H and O–H groups in total. The largest absolute Gasteiger partial charge is 0.497 e. The van der Waals surface area contributed by atoms with E-state index in [2.05, 4.69) is 9.62 Å². The van der Waals surface area contributed by atoms with Crippen LogP contribution in [-0.2, 0) is 10.0 Å². The summed E-state index contributed by atoms with van der Waals surface area (Å²) in [7, 11) is -1.82. The van der Waals surface area contributed by atoms with Gasteiger partial charge in [0.1, 0.15) is 5.75 Å². The van der Waals surface area contributed by atoms with E-state index in [0.29, 0.717) is 37.4 Å². The van der Waals surface area contributed by atoms with E-state index in [1.165, 1.54) is 0 Å².